The summed E-state index contributed by atoms with van der Waals surface area (Å²) in [5, 5.41) is 14.6. The second-order valence-electron chi connectivity index (χ2n) is 7.00. The first kappa shape index (κ1) is 19.4. The number of rotatable bonds is 5. The number of methoxy groups -OCH3 is 1. The lowest BCUT2D eigenvalue weighted by atomic mass is 9.99. The summed E-state index contributed by atoms with van der Waals surface area (Å²) in [6, 6.07) is 7.97. The third-order valence-electron chi connectivity index (χ3n) is 4.86. The largest absolute Gasteiger partial charge is 0.495 e. The third kappa shape index (κ3) is 4.23. The molecule has 3 heterocycles. The Morgan fingerprint density at radius 2 is 2.00 bits per heavy atom. The first-order valence-corrected chi connectivity index (χ1v) is 9.65. The van der Waals surface area contributed by atoms with E-state index in [2.05, 4.69) is 54.9 Å². The zero-order valence-corrected chi connectivity index (χ0v) is 17.3. The van der Waals surface area contributed by atoms with Gasteiger partial charge >= 0.3 is 0 Å². The highest BCUT2D eigenvalue weighted by Gasteiger charge is 2.18. The van der Waals surface area contributed by atoms with E-state index in [4.69, 9.17) is 16.3 Å². The van der Waals surface area contributed by atoms with Gasteiger partial charge in [-0.2, -0.15) is 4.98 Å². The van der Waals surface area contributed by atoms with Crippen LogP contribution in [0.2, 0.25) is 5.15 Å². The summed E-state index contributed by atoms with van der Waals surface area (Å²) in [5.74, 6) is 2.09. The van der Waals surface area contributed by atoms with Crippen LogP contribution in [-0.4, -0.2) is 45.8 Å². The van der Waals surface area contributed by atoms with E-state index >= 15 is 0 Å². The second kappa shape index (κ2) is 8.18. The van der Waals surface area contributed by atoms with Gasteiger partial charge in [0.2, 0.25) is 5.95 Å². The number of fused-ring (bicyclic) bond motifs is 1. The molecule has 0 fully saturated rings. The van der Waals surface area contributed by atoms with E-state index in [9.17, 15) is 0 Å². The van der Waals surface area contributed by atoms with E-state index in [0.717, 1.165) is 36.5 Å². The van der Waals surface area contributed by atoms with Gasteiger partial charge in [-0.15, -0.1) is 10.2 Å². The van der Waals surface area contributed by atoms with Gasteiger partial charge in [-0.3, -0.25) is 0 Å². The minimum atomic E-state index is 0.166. The molecule has 3 aromatic rings. The van der Waals surface area contributed by atoms with E-state index in [1.165, 1.54) is 11.1 Å². The summed E-state index contributed by atoms with van der Waals surface area (Å²) in [4.78, 5) is 11.1. The van der Waals surface area contributed by atoms with Gasteiger partial charge in [0.1, 0.15) is 11.6 Å². The molecule has 0 radical (unpaired) electrons. The number of nitrogens with zero attached hydrogens (tertiary/aromatic N) is 5. The molecule has 1 aliphatic rings. The molecule has 0 amide bonds. The van der Waals surface area contributed by atoms with Gasteiger partial charge in [0.15, 0.2) is 11.0 Å². The molecule has 29 heavy (non-hydrogen) atoms. The number of likely N-dealkylation sites (N-methyl/N-ethyl adjacent to an activating group) is 1. The van der Waals surface area contributed by atoms with Crippen LogP contribution in [0, 0.1) is 6.92 Å². The molecule has 1 aliphatic heterocycles. The van der Waals surface area contributed by atoms with Crippen molar-refractivity contribution in [2.45, 2.75) is 19.9 Å². The number of hydrogen-bond donors (Lipinski definition) is 2. The number of anilines is 4. The van der Waals surface area contributed by atoms with Crippen LogP contribution in [0.3, 0.4) is 0 Å². The first-order chi connectivity index (χ1) is 14.0. The lowest BCUT2D eigenvalue weighted by Gasteiger charge is -2.26. The Kier molecular flexibility index (Phi) is 5.46. The van der Waals surface area contributed by atoms with Gasteiger partial charge in [0, 0.05) is 19.3 Å². The number of pyridine rings is 1. The van der Waals surface area contributed by atoms with Crippen LogP contribution in [0.25, 0.3) is 0 Å². The normalized spacial score (nSPS) is 13.7. The van der Waals surface area contributed by atoms with E-state index in [1.54, 1.807) is 13.3 Å². The van der Waals surface area contributed by atoms with Crippen LogP contribution >= 0.6 is 11.6 Å². The van der Waals surface area contributed by atoms with E-state index in [0.29, 0.717) is 17.6 Å². The van der Waals surface area contributed by atoms with Gasteiger partial charge in [-0.05, 0) is 55.3 Å². The Hall–Kier alpha value is -2.97. The minimum absolute atomic E-state index is 0.166. The summed E-state index contributed by atoms with van der Waals surface area (Å²) in [7, 11) is 3.77. The van der Waals surface area contributed by atoms with Crippen molar-refractivity contribution in [3.05, 3.63) is 52.3 Å². The third-order valence-corrected chi connectivity index (χ3v) is 5.12. The average Bonchev–Trinajstić information content (AvgIpc) is 2.71. The SMILES string of the molecule is COc1cc2c(cc1Nc1nnc(Cl)c(Nc3ncccc3C)n1)CN(C)CC2. The van der Waals surface area contributed by atoms with E-state index < -0.39 is 0 Å². The summed E-state index contributed by atoms with van der Waals surface area (Å²) in [6.45, 7) is 3.88. The fourth-order valence-corrected chi connectivity index (χ4v) is 3.42. The molecule has 0 unspecified atom stereocenters. The number of aromatic nitrogens is 4. The van der Waals surface area contributed by atoms with Gasteiger partial charge in [-0.25, -0.2) is 4.98 Å². The Labute approximate surface area is 174 Å². The van der Waals surface area contributed by atoms with Crippen molar-refractivity contribution in [1.82, 2.24) is 25.1 Å². The number of ether oxygens (including phenoxy) is 1. The lowest BCUT2D eigenvalue weighted by molar-refractivity contribution is 0.312. The molecule has 150 valence electrons. The molecule has 2 N–H and O–H groups in total. The Morgan fingerprint density at radius 3 is 2.79 bits per heavy atom. The monoisotopic (exact) mass is 411 g/mol. The molecule has 0 spiro atoms. The zero-order chi connectivity index (χ0) is 20.4. The van der Waals surface area contributed by atoms with Gasteiger partial charge in [0.05, 0.1) is 12.8 Å². The molecule has 4 rings (SSSR count). The highest BCUT2D eigenvalue weighted by atomic mass is 35.5. The number of aryl methyl sites for hydroxylation is 1. The highest BCUT2D eigenvalue weighted by molar-refractivity contribution is 6.31. The van der Waals surface area contributed by atoms with Crippen molar-refractivity contribution < 1.29 is 4.74 Å². The molecule has 0 atom stereocenters. The van der Waals surface area contributed by atoms with E-state index in [-0.39, 0.29) is 5.15 Å². The molecule has 9 heteroatoms. The van der Waals surface area contributed by atoms with E-state index in [1.807, 2.05) is 19.1 Å². The molecule has 0 saturated heterocycles. The molecule has 2 aromatic heterocycles. The Bertz CT molecular complexity index is 1040. The fraction of sp³-hybridized carbons (Fsp3) is 0.300. The predicted molar refractivity (Wildman–Crippen MR) is 113 cm³/mol. The van der Waals surface area contributed by atoms with Crippen molar-refractivity contribution in [1.29, 1.82) is 0 Å². The molecule has 0 saturated carbocycles. The highest BCUT2D eigenvalue weighted by Crippen LogP contribution is 2.33. The standard InChI is InChI=1S/C20H22ClN7O/c1-12-5-4-7-22-18(12)24-19-17(21)26-27-20(25-19)23-15-9-14-11-28(2)8-6-13(14)10-16(15)29-3/h4-5,7,9-10H,6,8,11H2,1-3H3,(H2,22,23,24,25,27). The minimum Gasteiger partial charge on any atom is -0.495 e. The second-order valence-corrected chi connectivity index (χ2v) is 7.36. The van der Waals surface area contributed by atoms with Crippen molar-refractivity contribution >= 4 is 34.9 Å². The molecule has 0 aliphatic carbocycles. The summed E-state index contributed by atoms with van der Waals surface area (Å²) < 4.78 is 5.57. The molecular weight excluding hydrogens is 390 g/mol. The lowest BCUT2D eigenvalue weighted by Crippen LogP contribution is -2.26. The van der Waals surface area contributed by atoms with Gasteiger partial charge < -0.3 is 20.3 Å². The number of nitrogens with one attached hydrogen (secondary N) is 2. The topological polar surface area (TPSA) is 88.1 Å². The Balaban J connectivity index is 1.63. The van der Waals surface area contributed by atoms with Gasteiger partial charge in [0.25, 0.3) is 0 Å². The first-order valence-electron chi connectivity index (χ1n) is 9.27. The average molecular weight is 412 g/mol. The number of halogens is 1. The summed E-state index contributed by atoms with van der Waals surface area (Å²) in [5.41, 5.74) is 4.31. The van der Waals surface area contributed by atoms with Crippen molar-refractivity contribution in [2.75, 3.05) is 31.3 Å². The van der Waals surface area contributed by atoms with Crippen LogP contribution in [0.15, 0.2) is 30.5 Å². The summed E-state index contributed by atoms with van der Waals surface area (Å²) >= 11 is 6.19. The maximum absolute atomic E-state index is 6.19. The fourth-order valence-electron chi connectivity index (χ4n) is 3.29. The Morgan fingerprint density at radius 1 is 1.14 bits per heavy atom. The molecule has 1 aromatic carbocycles. The van der Waals surface area contributed by atoms with Gasteiger partial charge in [-0.1, -0.05) is 17.7 Å². The van der Waals surface area contributed by atoms with Crippen LogP contribution in [-0.2, 0) is 13.0 Å². The van der Waals surface area contributed by atoms with Crippen LogP contribution < -0.4 is 15.4 Å². The van der Waals surface area contributed by atoms with Crippen molar-refractivity contribution in [2.24, 2.45) is 0 Å². The van der Waals surface area contributed by atoms with Crippen LogP contribution in [0.4, 0.5) is 23.3 Å². The van der Waals surface area contributed by atoms with Crippen molar-refractivity contribution in [3.63, 3.8) is 0 Å². The maximum atomic E-state index is 6.19. The van der Waals surface area contributed by atoms with Crippen LogP contribution in [0.5, 0.6) is 5.75 Å². The van der Waals surface area contributed by atoms with Crippen LogP contribution in [0.1, 0.15) is 16.7 Å². The summed E-state index contributed by atoms with van der Waals surface area (Å²) in [6.07, 6.45) is 2.70. The van der Waals surface area contributed by atoms with Crippen molar-refractivity contribution in [3.8, 4) is 5.75 Å². The molecule has 8 nitrogen and oxygen atoms in total. The smallest absolute Gasteiger partial charge is 0.249 e. The zero-order valence-electron chi connectivity index (χ0n) is 16.5. The maximum Gasteiger partial charge on any atom is 0.249 e. The quantitative estimate of drug-likeness (QED) is 0.656. The predicted octanol–water partition coefficient (Wildman–Crippen LogP) is 3.71. The molecular formula is C20H22ClN7O. The number of hydrogen-bond acceptors (Lipinski definition) is 8. The number of benzene rings is 1. The molecule has 0 bridgehead atoms.